The number of hydrogen-bond donors (Lipinski definition) is 0. The molecule has 0 bridgehead atoms. The quantitative estimate of drug-likeness (QED) is 0.813. The number of benzene rings is 1. The van der Waals surface area contributed by atoms with Crippen LogP contribution in [0.15, 0.2) is 24.3 Å². The van der Waals surface area contributed by atoms with Crippen LogP contribution in [0.3, 0.4) is 0 Å². The lowest BCUT2D eigenvalue weighted by atomic mass is 10.1. The molecule has 0 atom stereocenters. The molecule has 98 valence electrons. The summed E-state index contributed by atoms with van der Waals surface area (Å²) >= 11 is 1.55. The predicted octanol–water partition coefficient (Wildman–Crippen LogP) is 1.65. The number of amides is 1. The van der Waals surface area contributed by atoms with Crippen molar-refractivity contribution in [3.05, 3.63) is 24.3 Å². The fraction of sp³-hybridized carbons (Fsp3) is 0.462. The van der Waals surface area contributed by atoms with E-state index in [0.29, 0.717) is 18.8 Å². The second-order valence-corrected chi connectivity index (χ2v) is 4.99. The Morgan fingerprint density at radius 2 is 2.06 bits per heavy atom. The Balaban J connectivity index is 1.85. The van der Waals surface area contributed by atoms with Gasteiger partial charge in [0, 0.05) is 0 Å². The van der Waals surface area contributed by atoms with Crippen molar-refractivity contribution in [3.8, 4) is 11.5 Å². The maximum atomic E-state index is 11.6. The van der Waals surface area contributed by atoms with E-state index in [1.54, 1.807) is 18.9 Å². The SMILES string of the molecule is COc1ccccc1OC1CN(C(=O)CSC)C1. The number of ether oxygens (including phenoxy) is 2. The number of hydrogen-bond acceptors (Lipinski definition) is 4. The van der Waals surface area contributed by atoms with Crippen LogP contribution >= 0.6 is 11.8 Å². The van der Waals surface area contributed by atoms with Gasteiger partial charge in [0.15, 0.2) is 11.5 Å². The van der Waals surface area contributed by atoms with Crippen LogP contribution in [0.25, 0.3) is 0 Å². The smallest absolute Gasteiger partial charge is 0.232 e. The number of nitrogens with zero attached hydrogens (tertiary/aromatic N) is 1. The summed E-state index contributed by atoms with van der Waals surface area (Å²) in [5, 5.41) is 0. The predicted molar refractivity (Wildman–Crippen MR) is 72.4 cm³/mol. The molecule has 1 aromatic carbocycles. The molecule has 0 N–H and O–H groups in total. The van der Waals surface area contributed by atoms with E-state index in [0.717, 1.165) is 11.5 Å². The van der Waals surface area contributed by atoms with Crippen LogP contribution in [0.1, 0.15) is 0 Å². The van der Waals surface area contributed by atoms with Crippen LogP contribution in [0.4, 0.5) is 0 Å². The highest BCUT2D eigenvalue weighted by Crippen LogP contribution is 2.28. The molecule has 1 aliphatic heterocycles. The van der Waals surface area contributed by atoms with E-state index >= 15 is 0 Å². The highest BCUT2D eigenvalue weighted by molar-refractivity contribution is 7.99. The fourth-order valence-electron chi connectivity index (χ4n) is 1.83. The van der Waals surface area contributed by atoms with E-state index in [4.69, 9.17) is 9.47 Å². The zero-order valence-electron chi connectivity index (χ0n) is 10.6. The number of methoxy groups -OCH3 is 1. The minimum atomic E-state index is 0.0760. The first-order valence-corrected chi connectivity index (χ1v) is 7.20. The zero-order chi connectivity index (χ0) is 13.0. The van der Waals surface area contributed by atoms with Gasteiger partial charge in [0.05, 0.1) is 26.0 Å². The average Bonchev–Trinajstić information content (AvgIpc) is 2.33. The first kappa shape index (κ1) is 13.1. The fourth-order valence-corrected chi connectivity index (χ4v) is 2.26. The maximum absolute atomic E-state index is 11.6. The van der Waals surface area contributed by atoms with E-state index in [-0.39, 0.29) is 12.0 Å². The van der Waals surface area contributed by atoms with Gasteiger partial charge in [0.1, 0.15) is 6.10 Å². The molecule has 0 aliphatic carbocycles. The summed E-state index contributed by atoms with van der Waals surface area (Å²) < 4.78 is 11.0. The first-order valence-electron chi connectivity index (χ1n) is 5.81. The van der Waals surface area contributed by atoms with Gasteiger partial charge in [-0.05, 0) is 18.4 Å². The lowest BCUT2D eigenvalue weighted by Crippen LogP contribution is -2.56. The van der Waals surface area contributed by atoms with Crippen LogP contribution in [-0.2, 0) is 4.79 Å². The molecule has 0 spiro atoms. The number of likely N-dealkylation sites (tertiary alicyclic amines) is 1. The van der Waals surface area contributed by atoms with E-state index < -0.39 is 0 Å². The largest absolute Gasteiger partial charge is 0.493 e. The lowest BCUT2D eigenvalue weighted by Gasteiger charge is -2.39. The lowest BCUT2D eigenvalue weighted by molar-refractivity contribution is -0.137. The molecule has 1 amide bonds. The van der Waals surface area contributed by atoms with Crippen molar-refractivity contribution < 1.29 is 14.3 Å². The first-order chi connectivity index (χ1) is 8.74. The Hall–Kier alpha value is -1.36. The minimum absolute atomic E-state index is 0.0760. The molecule has 1 aromatic rings. The third kappa shape index (κ3) is 2.90. The molecule has 0 aromatic heterocycles. The summed E-state index contributed by atoms with van der Waals surface area (Å²) in [6.07, 6.45) is 2.01. The molecule has 18 heavy (non-hydrogen) atoms. The Morgan fingerprint density at radius 3 is 2.67 bits per heavy atom. The van der Waals surface area contributed by atoms with Gasteiger partial charge in [-0.15, -0.1) is 0 Å². The maximum Gasteiger partial charge on any atom is 0.232 e. The van der Waals surface area contributed by atoms with Crippen molar-refractivity contribution in [2.45, 2.75) is 6.10 Å². The Morgan fingerprint density at radius 1 is 1.39 bits per heavy atom. The summed E-state index contributed by atoms with van der Waals surface area (Å²) in [4.78, 5) is 13.4. The number of carbonyl (C=O) groups excluding carboxylic acids is 1. The molecule has 1 aliphatic rings. The molecule has 1 fully saturated rings. The summed E-state index contributed by atoms with van der Waals surface area (Å²) in [5.41, 5.74) is 0. The van der Waals surface area contributed by atoms with E-state index in [2.05, 4.69) is 0 Å². The molecule has 0 radical (unpaired) electrons. The van der Waals surface area contributed by atoms with Gasteiger partial charge in [-0.3, -0.25) is 4.79 Å². The van der Waals surface area contributed by atoms with Crippen LogP contribution in [-0.4, -0.2) is 49.1 Å². The highest BCUT2D eigenvalue weighted by atomic mass is 32.2. The van der Waals surface area contributed by atoms with Crippen LogP contribution in [0.5, 0.6) is 11.5 Å². The van der Waals surface area contributed by atoms with Gasteiger partial charge in [-0.1, -0.05) is 12.1 Å². The molecule has 1 heterocycles. The van der Waals surface area contributed by atoms with Gasteiger partial charge in [0.2, 0.25) is 5.91 Å². The molecular formula is C13H17NO3S. The van der Waals surface area contributed by atoms with Gasteiger partial charge in [0.25, 0.3) is 0 Å². The van der Waals surface area contributed by atoms with Crippen molar-refractivity contribution in [2.24, 2.45) is 0 Å². The summed E-state index contributed by atoms with van der Waals surface area (Å²) in [6, 6.07) is 7.56. The molecule has 5 heteroatoms. The monoisotopic (exact) mass is 267 g/mol. The third-order valence-corrected chi connectivity index (χ3v) is 3.37. The number of para-hydroxylation sites is 2. The second kappa shape index (κ2) is 6.00. The molecule has 4 nitrogen and oxygen atoms in total. The normalized spacial score (nSPS) is 15.1. The van der Waals surface area contributed by atoms with Gasteiger partial charge in [-0.25, -0.2) is 0 Å². The Kier molecular flexibility index (Phi) is 4.36. The summed E-state index contributed by atoms with van der Waals surface area (Å²) in [5.74, 6) is 2.19. The van der Waals surface area contributed by atoms with Crippen molar-refractivity contribution in [1.82, 2.24) is 4.90 Å². The molecule has 0 unspecified atom stereocenters. The van der Waals surface area contributed by atoms with Gasteiger partial charge in [-0.2, -0.15) is 11.8 Å². The van der Waals surface area contributed by atoms with Crippen molar-refractivity contribution in [1.29, 1.82) is 0 Å². The second-order valence-electron chi connectivity index (χ2n) is 4.12. The van der Waals surface area contributed by atoms with E-state index in [1.807, 2.05) is 35.4 Å². The molecule has 1 saturated heterocycles. The highest BCUT2D eigenvalue weighted by Gasteiger charge is 2.32. The van der Waals surface area contributed by atoms with Crippen LogP contribution in [0.2, 0.25) is 0 Å². The van der Waals surface area contributed by atoms with Crippen molar-refractivity contribution in [2.75, 3.05) is 32.2 Å². The Labute approximate surface area is 111 Å². The van der Waals surface area contributed by atoms with E-state index in [9.17, 15) is 4.79 Å². The van der Waals surface area contributed by atoms with Gasteiger partial charge >= 0.3 is 0 Å². The summed E-state index contributed by atoms with van der Waals surface area (Å²) in [6.45, 7) is 1.33. The minimum Gasteiger partial charge on any atom is -0.493 e. The van der Waals surface area contributed by atoms with Crippen LogP contribution < -0.4 is 9.47 Å². The zero-order valence-corrected chi connectivity index (χ0v) is 11.4. The van der Waals surface area contributed by atoms with E-state index in [1.165, 1.54) is 0 Å². The average molecular weight is 267 g/mol. The van der Waals surface area contributed by atoms with Gasteiger partial charge < -0.3 is 14.4 Å². The number of rotatable bonds is 5. The number of carbonyl (C=O) groups is 1. The topological polar surface area (TPSA) is 38.8 Å². The number of thioether (sulfide) groups is 1. The van der Waals surface area contributed by atoms with Crippen LogP contribution in [0, 0.1) is 0 Å². The standard InChI is InChI=1S/C13H17NO3S/c1-16-11-5-3-4-6-12(11)17-10-7-14(8-10)13(15)9-18-2/h3-6,10H,7-9H2,1-2H3. The molecule has 0 saturated carbocycles. The Bertz CT molecular complexity index is 418. The third-order valence-electron chi connectivity index (χ3n) is 2.83. The molecular weight excluding hydrogens is 250 g/mol. The molecule has 2 rings (SSSR count). The van der Waals surface area contributed by atoms with Crippen molar-refractivity contribution >= 4 is 17.7 Å². The summed E-state index contributed by atoms with van der Waals surface area (Å²) in [7, 11) is 1.62. The van der Waals surface area contributed by atoms with Crippen molar-refractivity contribution in [3.63, 3.8) is 0 Å².